The first-order valence-electron chi connectivity index (χ1n) is 9.26. The van der Waals surface area contributed by atoms with E-state index >= 15 is 0 Å². The van der Waals surface area contributed by atoms with Gasteiger partial charge in [-0.05, 0) is 48.9 Å². The maximum atomic E-state index is 12.9. The highest BCUT2D eigenvalue weighted by atomic mass is 19.1. The van der Waals surface area contributed by atoms with E-state index < -0.39 is 0 Å². The van der Waals surface area contributed by atoms with Crippen LogP contribution < -0.4 is 25.4 Å². The number of carbonyl (C=O) groups is 1. The fourth-order valence-electron chi connectivity index (χ4n) is 2.42. The first-order valence-corrected chi connectivity index (χ1v) is 9.26. The summed E-state index contributed by atoms with van der Waals surface area (Å²) in [6, 6.07) is 13.3. The predicted molar refractivity (Wildman–Crippen MR) is 111 cm³/mol. The van der Waals surface area contributed by atoms with Crippen molar-refractivity contribution < 1.29 is 18.7 Å². The molecular formula is C21H27FN4O3. The third kappa shape index (κ3) is 8.08. The largest absolute Gasteiger partial charge is 0.497 e. The molecular weight excluding hydrogens is 375 g/mol. The van der Waals surface area contributed by atoms with Gasteiger partial charge in [0.05, 0.1) is 20.2 Å². The molecule has 0 aliphatic carbocycles. The molecule has 2 aromatic carbocycles. The summed E-state index contributed by atoms with van der Waals surface area (Å²) in [5.41, 5.74) is 0.980. The molecule has 8 heteroatoms. The van der Waals surface area contributed by atoms with E-state index in [0.29, 0.717) is 24.8 Å². The minimum atomic E-state index is -0.307. The van der Waals surface area contributed by atoms with Crippen LogP contribution in [0.15, 0.2) is 53.5 Å². The van der Waals surface area contributed by atoms with Crippen LogP contribution in [0.3, 0.4) is 0 Å². The molecule has 2 aromatic rings. The third-order valence-electron chi connectivity index (χ3n) is 4.00. The molecule has 1 unspecified atom stereocenters. The van der Waals surface area contributed by atoms with Crippen LogP contribution in [0.2, 0.25) is 0 Å². The minimum absolute atomic E-state index is 0.0863. The maximum absolute atomic E-state index is 12.9. The van der Waals surface area contributed by atoms with E-state index in [0.717, 1.165) is 11.3 Å². The predicted octanol–water partition coefficient (Wildman–Crippen LogP) is 2.08. The normalized spacial score (nSPS) is 12.1. The summed E-state index contributed by atoms with van der Waals surface area (Å²) in [6.07, 6.45) is -0.178. The first-order chi connectivity index (χ1) is 14.0. The van der Waals surface area contributed by atoms with Gasteiger partial charge in [-0.2, -0.15) is 0 Å². The lowest BCUT2D eigenvalue weighted by atomic mass is 10.2. The van der Waals surface area contributed by atoms with Gasteiger partial charge < -0.3 is 25.4 Å². The molecule has 0 heterocycles. The Hall–Kier alpha value is -3.29. The quantitative estimate of drug-likeness (QED) is 0.442. The molecule has 0 saturated carbocycles. The summed E-state index contributed by atoms with van der Waals surface area (Å²) >= 11 is 0. The van der Waals surface area contributed by atoms with E-state index in [-0.39, 0.29) is 24.4 Å². The molecule has 0 aliphatic heterocycles. The zero-order valence-electron chi connectivity index (χ0n) is 16.9. The van der Waals surface area contributed by atoms with Gasteiger partial charge in [0.25, 0.3) is 0 Å². The van der Waals surface area contributed by atoms with Crippen molar-refractivity contribution in [2.24, 2.45) is 4.99 Å². The first kappa shape index (κ1) is 22.0. The van der Waals surface area contributed by atoms with Gasteiger partial charge >= 0.3 is 0 Å². The Bertz CT molecular complexity index is 795. The second kappa shape index (κ2) is 11.5. The minimum Gasteiger partial charge on any atom is -0.497 e. The van der Waals surface area contributed by atoms with Gasteiger partial charge in [0, 0.05) is 13.6 Å². The number of benzene rings is 2. The zero-order valence-corrected chi connectivity index (χ0v) is 16.9. The lowest BCUT2D eigenvalue weighted by molar-refractivity contribution is -0.120. The number of aliphatic imine (C=N–C) groups is 1. The van der Waals surface area contributed by atoms with Crippen LogP contribution >= 0.6 is 0 Å². The molecule has 7 nitrogen and oxygen atoms in total. The van der Waals surface area contributed by atoms with E-state index in [1.807, 2.05) is 31.2 Å². The van der Waals surface area contributed by atoms with Crippen molar-refractivity contribution in [3.05, 3.63) is 59.9 Å². The van der Waals surface area contributed by atoms with Gasteiger partial charge in [-0.15, -0.1) is 0 Å². The van der Waals surface area contributed by atoms with Crippen LogP contribution in [0.1, 0.15) is 12.5 Å². The topological polar surface area (TPSA) is 84.0 Å². The van der Waals surface area contributed by atoms with Crippen LogP contribution in [0.4, 0.5) is 4.39 Å². The molecule has 0 fully saturated rings. The van der Waals surface area contributed by atoms with Gasteiger partial charge in [-0.3, -0.25) is 9.79 Å². The van der Waals surface area contributed by atoms with Gasteiger partial charge in [0.15, 0.2) is 5.96 Å². The second-order valence-corrected chi connectivity index (χ2v) is 6.31. The number of halogens is 1. The Morgan fingerprint density at radius 3 is 2.31 bits per heavy atom. The van der Waals surface area contributed by atoms with E-state index in [1.165, 1.54) is 12.1 Å². The highest BCUT2D eigenvalue weighted by molar-refractivity contribution is 5.86. The molecule has 1 amide bonds. The number of hydrogen-bond donors (Lipinski definition) is 3. The zero-order chi connectivity index (χ0) is 21.1. The van der Waals surface area contributed by atoms with E-state index in [1.54, 1.807) is 26.3 Å². The average Bonchev–Trinajstić information content (AvgIpc) is 2.74. The number of carbonyl (C=O) groups excluding carboxylic acids is 1. The number of ether oxygens (including phenoxy) is 2. The number of hydrogen-bond acceptors (Lipinski definition) is 4. The van der Waals surface area contributed by atoms with Crippen molar-refractivity contribution >= 4 is 11.9 Å². The number of nitrogens with zero attached hydrogens (tertiary/aromatic N) is 1. The van der Waals surface area contributed by atoms with Gasteiger partial charge in [-0.25, -0.2) is 4.39 Å². The summed E-state index contributed by atoms with van der Waals surface area (Å²) in [5, 5.41) is 8.88. The summed E-state index contributed by atoms with van der Waals surface area (Å²) in [7, 11) is 3.23. The summed E-state index contributed by atoms with van der Waals surface area (Å²) in [4.78, 5) is 16.1. The summed E-state index contributed by atoms with van der Waals surface area (Å²) in [6.45, 7) is 2.86. The van der Waals surface area contributed by atoms with Crippen LogP contribution in [0, 0.1) is 5.82 Å². The Balaban J connectivity index is 1.67. The van der Waals surface area contributed by atoms with Gasteiger partial charge in [0.2, 0.25) is 5.91 Å². The molecule has 1 atom stereocenters. The Morgan fingerprint density at radius 2 is 1.69 bits per heavy atom. The van der Waals surface area contributed by atoms with Crippen molar-refractivity contribution in [3.63, 3.8) is 0 Å². The van der Waals surface area contributed by atoms with E-state index in [4.69, 9.17) is 9.47 Å². The third-order valence-corrected chi connectivity index (χ3v) is 4.00. The monoisotopic (exact) mass is 402 g/mol. The van der Waals surface area contributed by atoms with Crippen LogP contribution in [-0.2, 0) is 11.3 Å². The highest BCUT2D eigenvalue weighted by Gasteiger charge is 2.08. The van der Waals surface area contributed by atoms with Crippen molar-refractivity contribution in [2.75, 3.05) is 27.2 Å². The Morgan fingerprint density at radius 1 is 1.03 bits per heavy atom. The number of guanidine groups is 1. The van der Waals surface area contributed by atoms with Gasteiger partial charge in [0.1, 0.15) is 23.4 Å². The van der Waals surface area contributed by atoms with E-state index in [2.05, 4.69) is 20.9 Å². The molecule has 0 saturated heterocycles. The standard InChI is InChI=1S/C21H27FN4O3/c1-15(29-19-10-6-17(22)7-11-19)12-25-21(23-2)26-14-20(27)24-13-16-4-8-18(28-3)9-5-16/h4-11,15H,12-14H2,1-3H3,(H,24,27)(H2,23,25,26). The number of rotatable bonds is 9. The second-order valence-electron chi connectivity index (χ2n) is 6.31. The summed E-state index contributed by atoms with van der Waals surface area (Å²) < 4.78 is 23.7. The number of methoxy groups -OCH3 is 1. The fraction of sp³-hybridized carbons (Fsp3) is 0.333. The molecule has 0 aromatic heterocycles. The molecule has 0 radical (unpaired) electrons. The van der Waals surface area contributed by atoms with Crippen LogP contribution in [-0.4, -0.2) is 45.2 Å². The molecule has 3 N–H and O–H groups in total. The lowest BCUT2D eigenvalue weighted by Crippen LogP contribution is -2.45. The Labute approximate surface area is 170 Å². The Kier molecular flexibility index (Phi) is 8.75. The van der Waals surface area contributed by atoms with Crippen LogP contribution in [0.5, 0.6) is 11.5 Å². The molecule has 0 spiro atoms. The molecule has 0 bridgehead atoms. The highest BCUT2D eigenvalue weighted by Crippen LogP contribution is 2.13. The van der Waals surface area contributed by atoms with Crippen molar-refractivity contribution in [1.29, 1.82) is 0 Å². The van der Waals surface area contributed by atoms with Crippen LogP contribution in [0.25, 0.3) is 0 Å². The number of nitrogens with one attached hydrogen (secondary N) is 3. The fourth-order valence-corrected chi connectivity index (χ4v) is 2.42. The summed E-state index contributed by atoms with van der Waals surface area (Å²) in [5.74, 6) is 1.38. The SMILES string of the molecule is CN=C(NCC(=O)NCc1ccc(OC)cc1)NCC(C)Oc1ccc(F)cc1. The molecule has 156 valence electrons. The molecule has 2 rings (SSSR count). The smallest absolute Gasteiger partial charge is 0.239 e. The van der Waals surface area contributed by atoms with Crippen molar-refractivity contribution in [3.8, 4) is 11.5 Å². The number of amides is 1. The van der Waals surface area contributed by atoms with Crippen molar-refractivity contribution in [1.82, 2.24) is 16.0 Å². The van der Waals surface area contributed by atoms with Crippen molar-refractivity contribution in [2.45, 2.75) is 19.6 Å². The molecule has 0 aliphatic rings. The van der Waals surface area contributed by atoms with Gasteiger partial charge in [-0.1, -0.05) is 12.1 Å². The molecule has 29 heavy (non-hydrogen) atoms. The maximum Gasteiger partial charge on any atom is 0.239 e. The lowest BCUT2D eigenvalue weighted by Gasteiger charge is -2.17. The van der Waals surface area contributed by atoms with E-state index in [9.17, 15) is 9.18 Å². The average molecular weight is 402 g/mol.